The molecule has 2 aromatic carbocycles. The van der Waals surface area contributed by atoms with E-state index in [0.29, 0.717) is 11.3 Å². The molecule has 5 rings (SSSR count). The number of carbonyl (C=O) groups is 1. The Hall–Kier alpha value is -3.58. The lowest BCUT2D eigenvalue weighted by atomic mass is 10.2. The van der Waals surface area contributed by atoms with E-state index in [0.717, 1.165) is 37.5 Å². The normalized spacial score (nSPS) is 11.2. The number of carbonyl (C=O) groups excluding carboxylic acids is 1. The number of aromatic nitrogens is 4. The van der Waals surface area contributed by atoms with Crippen molar-refractivity contribution in [3.05, 3.63) is 72.1 Å². The van der Waals surface area contributed by atoms with Gasteiger partial charge in [0.1, 0.15) is 10.8 Å². The van der Waals surface area contributed by atoms with E-state index in [1.807, 2.05) is 44.3 Å². The topological polar surface area (TPSA) is 69.9 Å². The third-order valence-corrected chi connectivity index (χ3v) is 5.79. The van der Waals surface area contributed by atoms with Gasteiger partial charge in [-0.05, 0) is 49.4 Å². The molecular formula is C22H16N4O2S. The molecule has 0 bridgehead atoms. The van der Waals surface area contributed by atoms with Crippen LogP contribution in [-0.4, -0.2) is 25.7 Å². The summed E-state index contributed by atoms with van der Waals surface area (Å²) in [5.74, 6) is 0.0262. The molecular weight excluding hydrogens is 384 g/mol. The number of aryl methyl sites for hydroxylation is 2. The highest BCUT2D eigenvalue weighted by atomic mass is 32.1. The molecule has 29 heavy (non-hydrogen) atoms. The second kappa shape index (κ2) is 6.79. The van der Waals surface area contributed by atoms with Crippen LogP contribution in [0, 0.1) is 6.92 Å². The average Bonchev–Trinajstić information content (AvgIpc) is 3.29. The van der Waals surface area contributed by atoms with Gasteiger partial charge in [-0.25, -0.2) is 14.8 Å². The van der Waals surface area contributed by atoms with Crippen molar-refractivity contribution in [3.63, 3.8) is 0 Å². The van der Waals surface area contributed by atoms with Crippen LogP contribution >= 0.6 is 11.3 Å². The lowest BCUT2D eigenvalue weighted by Crippen LogP contribution is -2.09. The number of thiazole rings is 1. The molecule has 0 N–H and O–H groups in total. The Balaban J connectivity index is 1.38. The second-order valence-corrected chi connectivity index (χ2v) is 7.74. The second-order valence-electron chi connectivity index (χ2n) is 6.70. The van der Waals surface area contributed by atoms with Crippen molar-refractivity contribution in [2.45, 2.75) is 6.92 Å². The highest BCUT2D eigenvalue weighted by molar-refractivity contribution is 7.21. The number of hydrogen-bond acceptors (Lipinski definition) is 6. The van der Waals surface area contributed by atoms with E-state index < -0.39 is 5.97 Å². The van der Waals surface area contributed by atoms with Gasteiger partial charge in [0.25, 0.3) is 0 Å². The molecule has 0 unspecified atom stereocenters. The van der Waals surface area contributed by atoms with Crippen molar-refractivity contribution >= 4 is 38.6 Å². The molecule has 0 spiro atoms. The Labute approximate surface area is 170 Å². The van der Waals surface area contributed by atoms with Crippen molar-refractivity contribution in [1.82, 2.24) is 19.7 Å². The van der Waals surface area contributed by atoms with E-state index >= 15 is 0 Å². The minimum atomic E-state index is -0.449. The van der Waals surface area contributed by atoms with Gasteiger partial charge in [-0.3, -0.25) is 4.68 Å². The van der Waals surface area contributed by atoms with Gasteiger partial charge in [-0.1, -0.05) is 12.1 Å². The van der Waals surface area contributed by atoms with E-state index in [2.05, 4.69) is 21.1 Å². The van der Waals surface area contributed by atoms with Gasteiger partial charge in [0.2, 0.25) is 0 Å². The lowest BCUT2D eigenvalue weighted by molar-refractivity contribution is 0.0734. The third kappa shape index (κ3) is 3.15. The number of pyridine rings is 1. The Bertz CT molecular complexity index is 1340. The van der Waals surface area contributed by atoms with Crippen LogP contribution < -0.4 is 4.74 Å². The summed E-state index contributed by atoms with van der Waals surface area (Å²) in [5.41, 5.74) is 3.92. The zero-order valence-electron chi connectivity index (χ0n) is 15.8. The molecule has 0 aliphatic heterocycles. The van der Waals surface area contributed by atoms with Crippen LogP contribution in [0.4, 0.5) is 0 Å². The van der Waals surface area contributed by atoms with Gasteiger partial charge in [0.05, 0.1) is 21.5 Å². The lowest BCUT2D eigenvalue weighted by Gasteiger charge is -2.05. The molecule has 142 valence electrons. The maximum Gasteiger partial charge on any atom is 0.345 e. The summed E-state index contributed by atoms with van der Waals surface area (Å²) < 4.78 is 8.36. The highest BCUT2D eigenvalue weighted by Crippen LogP contribution is 2.31. The molecule has 0 amide bonds. The molecule has 3 aromatic heterocycles. The fraction of sp³-hybridized carbons (Fsp3) is 0.0909. The number of ether oxygens (including phenoxy) is 1. The monoisotopic (exact) mass is 400 g/mol. The van der Waals surface area contributed by atoms with Gasteiger partial charge in [-0.15, -0.1) is 11.3 Å². The molecule has 5 aromatic rings. The summed E-state index contributed by atoms with van der Waals surface area (Å²) in [6, 6.07) is 17.2. The third-order valence-electron chi connectivity index (χ3n) is 4.70. The molecule has 0 atom stereocenters. The molecule has 3 heterocycles. The van der Waals surface area contributed by atoms with Crippen molar-refractivity contribution in [3.8, 4) is 16.3 Å². The molecule has 0 fully saturated rings. The predicted octanol–water partition coefficient (Wildman–Crippen LogP) is 4.77. The number of para-hydroxylation sites is 1. The number of fused-ring (bicyclic) bond motifs is 2. The number of rotatable bonds is 3. The van der Waals surface area contributed by atoms with Crippen molar-refractivity contribution in [1.29, 1.82) is 0 Å². The zero-order chi connectivity index (χ0) is 20.0. The van der Waals surface area contributed by atoms with Gasteiger partial charge >= 0.3 is 5.97 Å². The quantitative estimate of drug-likeness (QED) is 0.322. The van der Waals surface area contributed by atoms with E-state index in [9.17, 15) is 4.79 Å². The van der Waals surface area contributed by atoms with Crippen LogP contribution in [0.3, 0.4) is 0 Å². The van der Waals surface area contributed by atoms with Gasteiger partial charge in [0, 0.05) is 24.2 Å². The number of nitrogens with zero attached hydrogens (tertiary/aromatic N) is 4. The molecule has 0 radical (unpaired) electrons. The van der Waals surface area contributed by atoms with Crippen LogP contribution in [0.2, 0.25) is 0 Å². The number of benzene rings is 2. The highest BCUT2D eigenvalue weighted by Gasteiger charge is 2.14. The summed E-state index contributed by atoms with van der Waals surface area (Å²) >= 11 is 1.64. The molecule has 0 saturated heterocycles. The summed E-state index contributed by atoms with van der Waals surface area (Å²) in [5, 5.41) is 6.10. The maximum absolute atomic E-state index is 12.5. The first kappa shape index (κ1) is 17.5. The Morgan fingerprint density at radius 3 is 2.69 bits per heavy atom. The Morgan fingerprint density at radius 1 is 1.10 bits per heavy atom. The summed E-state index contributed by atoms with van der Waals surface area (Å²) in [4.78, 5) is 21.5. The molecule has 0 aliphatic carbocycles. The molecule has 6 nitrogen and oxygen atoms in total. The van der Waals surface area contributed by atoms with Crippen LogP contribution in [0.5, 0.6) is 5.75 Å². The Morgan fingerprint density at radius 2 is 1.90 bits per heavy atom. The minimum Gasteiger partial charge on any atom is -0.423 e. The van der Waals surface area contributed by atoms with E-state index in [4.69, 9.17) is 4.74 Å². The predicted molar refractivity (Wildman–Crippen MR) is 113 cm³/mol. The van der Waals surface area contributed by atoms with Gasteiger partial charge in [-0.2, -0.15) is 5.10 Å². The van der Waals surface area contributed by atoms with Crippen molar-refractivity contribution < 1.29 is 9.53 Å². The van der Waals surface area contributed by atoms with E-state index in [1.165, 1.54) is 6.20 Å². The Kier molecular flexibility index (Phi) is 4.10. The maximum atomic E-state index is 12.5. The van der Waals surface area contributed by atoms with E-state index in [1.54, 1.807) is 34.2 Å². The van der Waals surface area contributed by atoms with Crippen LogP contribution in [-0.2, 0) is 7.05 Å². The van der Waals surface area contributed by atoms with Gasteiger partial charge in [0.15, 0.2) is 5.65 Å². The largest absolute Gasteiger partial charge is 0.423 e. The van der Waals surface area contributed by atoms with Gasteiger partial charge < -0.3 is 4.74 Å². The fourth-order valence-electron chi connectivity index (χ4n) is 3.25. The van der Waals surface area contributed by atoms with Crippen molar-refractivity contribution in [2.75, 3.05) is 0 Å². The average molecular weight is 400 g/mol. The first-order valence-electron chi connectivity index (χ1n) is 9.06. The molecule has 0 aliphatic rings. The standard InChI is InChI=1S/C22H16N4O2S/c1-13-17-11-15(12-23-20(17)26(2)25-13)22(27)28-16-9-7-14(8-10-16)21-24-18-5-3-4-6-19(18)29-21/h3-12H,1-2H3. The number of hydrogen-bond donors (Lipinski definition) is 0. The van der Waals surface area contributed by atoms with E-state index in [-0.39, 0.29) is 0 Å². The van der Waals surface area contributed by atoms with Crippen LogP contribution in [0.25, 0.3) is 31.8 Å². The first-order valence-corrected chi connectivity index (χ1v) is 9.88. The smallest absolute Gasteiger partial charge is 0.345 e. The minimum absolute atomic E-state index is 0.392. The number of esters is 1. The van der Waals surface area contributed by atoms with Crippen LogP contribution in [0.1, 0.15) is 16.1 Å². The summed E-state index contributed by atoms with van der Waals surface area (Å²) in [6.45, 7) is 1.89. The summed E-state index contributed by atoms with van der Waals surface area (Å²) in [6.07, 6.45) is 1.52. The molecule has 7 heteroatoms. The molecule has 0 saturated carbocycles. The SMILES string of the molecule is Cc1nn(C)c2ncc(C(=O)Oc3ccc(-c4nc5ccccc5s4)cc3)cc12. The first-order chi connectivity index (χ1) is 14.1. The fourth-order valence-corrected chi connectivity index (χ4v) is 4.22. The summed E-state index contributed by atoms with van der Waals surface area (Å²) in [7, 11) is 1.83. The van der Waals surface area contributed by atoms with Crippen LogP contribution in [0.15, 0.2) is 60.8 Å². The zero-order valence-corrected chi connectivity index (χ0v) is 16.6. The van der Waals surface area contributed by atoms with Crippen molar-refractivity contribution in [2.24, 2.45) is 7.05 Å².